The number of nitrogens with one attached hydrogen (secondary N) is 1. The molecule has 2 fully saturated rings. The van der Waals surface area contributed by atoms with Crippen LogP contribution >= 0.6 is 0 Å². The van der Waals surface area contributed by atoms with E-state index in [0.29, 0.717) is 11.5 Å². The second-order valence-corrected chi connectivity index (χ2v) is 7.05. The summed E-state index contributed by atoms with van der Waals surface area (Å²) in [6.45, 7) is 5.66. The predicted octanol–water partition coefficient (Wildman–Crippen LogP) is 2.77. The van der Waals surface area contributed by atoms with E-state index in [0.717, 1.165) is 18.9 Å². The molecule has 0 aromatic heterocycles. The van der Waals surface area contributed by atoms with Crippen molar-refractivity contribution < 1.29 is 4.74 Å². The molecule has 3 aliphatic rings. The van der Waals surface area contributed by atoms with Crippen molar-refractivity contribution in [2.24, 2.45) is 0 Å². The molecule has 1 spiro atoms. The molecule has 2 aliphatic heterocycles. The van der Waals surface area contributed by atoms with E-state index in [1.54, 1.807) is 0 Å². The number of nitrogens with zero attached hydrogens (tertiary/aromatic N) is 1. The van der Waals surface area contributed by atoms with Crippen LogP contribution in [-0.2, 0) is 0 Å². The number of hydrogen-bond acceptors (Lipinski definition) is 3. The van der Waals surface area contributed by atoms with Gasteiger partial charge in [0.05, 0.1) is 6.61 Å². The molecule has 1 saturated heterocycles. The van der Waals surface area contributed by atoms with Gasteiger partial charge in [0.1, 0.15) is 5.75 Å². The lowest BCUT2D eigenvalue weighted by Crippen LogP contribution is -2.50. The van der Waals surface area contributed by atoms with Gasteiger partial charge in [-0.1, -0.05) is 31.0 Å². The highest BCUT2D eigenvalue weighted by Gasteiger charge is 2.37. The lowest BCUT2D eigenvalue weighted by molar-refractivity contribution is 0.190. The van der Waals surface area contributed by atoms with Crippen molar-refractivity contribution in [1.82, 2.24) is 10.2 Å². The molecule has 114 valence electrons. The molecule has 1 aromatic rings. The Kier molecular flexibility index (Phi) is 3.64. The summed E-state index contributed by atoms with van der Waals surface area (Å²) in [7, 11) is 0. The molecule has 4 rings (SSSR count). The summed E-state index contributed by atoms with van der Waals surface area (Å²) in [5.74, 6) is 1.66. The molecule has 1 unspecified atom stereocenters. The van der Waals surface area contributed by atoms with E-state index in [9.17, 15) is 0 Å². The number of benzene rings is 1. The number of para-hydroxylation sites is 1. The normalized spacial score (nSPS) is 28.3. The third-order valence-electron chi connectivity index (χ3n) is 5.52. The van der Waals surface area contributed by atoms with Crippen molar-refractivity contribution in [3.05, 3.63) is 29.8 Å². The molecular weight excluding hydrogens is 260 g/mol. The maximum absolute atomic E-state index is 5.86. The average Bonchev–Trinajstić information content (AvgIpc) is 3.06. The SMILES string of the molecule is c1ccc2c(c1)OCC2CN1CCCNC2(CCCC2)C1. The van der Waals surface area contributed by atoms with Crippen LogP contribution in [-0.4, -0.2) is 43.2 Å². The van der Waals surface area contributed by atoms with E-state index in [2.05, 4.69) is 34.5 Å². The average molecular weight is 286 g/mol. The first-order valence-corrected chi connectivity index (χ1v) is 8.54. The van der Waals surface area contributed by atoms with E-state index in [1.807, 2.05) is 0 Å². The molecule has 1 aromatic carbocycles. The number of rotatable bonds is 2. The summed E-state index contributed by atoms with van der Waals surface area (Å²) in [5.41, 5.74) is 1.82. The van der Waals surface area contributed by atoms with Crippen LogP contribution in [0, 0.1) is 0 Å². The van der Waals surface area contributed by atoms with Crippen LogP contribution in [0.1, 0.15) is 43.6 Å². The first-order chi connectivity index (χ1) is 10.3. The highest BCUT2D eigenvalue weighted by molar-refractivity contribution is 5.39. The number of hydrogen-bond donors (Lipinski definition) is 1. The first kappa shape index (κ1) is 13.6. The summed E-state index contributed by atoms with van der Waals surface area (Å²) >= 11 is 0. The van der Waals surface area contributed by atoms with Crippen molar-refractivity contribution in [2.45, 2.75) is 43.6 Å². The number of fused-ring (bicyclic) bond motifs is 1. The zero-order chi connectivity index (χ0) is 14.1. The molecule has 0 amide bonds. The Hall–Kier alpha value is -1.06. The van der Waals surface area contributed by atoms with E-state index < -0.39 is 0 Å². The Morgan fingerprint density at radius 2 is 2.05 bits per heavy atom. The zero-order valence-corrected chi connectivity index (χ0v) is 12.8. The van der Waals surface area contributed by atoms with Crippen molar-refractivity contribution in [3.63, 3.8) is 0 Å². The van der Waals surface area contributed by atoms with Crippen molar-refractivity contribution in [2.75, 3.05) is 32.8 Å². The Labute approximate surface area is 127 Å². The molecule has 1 aliphatic carbocycles. The largest absolute Gasteiger partial charge is 0.493 e. The van der Waals surface area contributed by atoms with Crippen LogP contribution in [0.2, 0.25) is 0 Å². The molecule has 1 saturated carbocycles. The fourth-order valence-corrected chi connectivity index (χ4v) is 4.45. The van der Waals surface area contributed by atoms with Crippen molar-refractivity contribution in [1.29, 1.82) is 0 Å². The highest BCUT2D eigenvalue weighted by atomic mass is 16.5. The summed E-state index contributed by atoms with van der Waals surface area (Å²) in [4.78, 5) is 2.70. The van der Waals surface area contributed by atoms with Crippen LogP contribution in [0.5, 0.6) is 5.75 Å². The van der Waals surface area contributed by atoms with E-state index in [1.165, 1.54) is 57.3 Å². The van der Waals surface area contributed by atoms with E-state index >= 15 is 0 Å². The van der Waals surface area contributed by atoms with Gasteiger partial charge in [0.25, 0.3) is 0 Å². The third-order valence-corrected chi connectivity index (χ3v) is 5.52. The molecule has 21 heavy (non-hydrogen) atoms. The molecule has 1 N–H and O–H groups in total. The van der Waals surface area contributed by atoms with Crippen LogP contribution in [0.25, 0.3) is 0 Å². The molecule has 3 nitrogen and oxygen atoms in total. The predicted molar refractivity (Wildman–Crippen MR) is 84.9 cm³/mol. The topological polar surface area (TPSA) is 24.5 Å². The second kappa shape index (κ2) is 5.62. The Bertz CT molecular complexity index is 496. The minimum atomic E-state index is 0.412. The van der Waals surface area contributed by atoms with Gasteiger partial charge in [-0.2, -0.15) is 0 Å². The minimum Gasteiger partial charge on any atom is -0.493 e. The lowest BCUT2D eigenvalue weighted by Gasteiger charge is -2.34. The second-order valence-electron chi connectivity index (χ2n) is 7.05. The standard InChI is InChI=1S/C18H26N2O/c1-2-7-17-16(6-1)15(13-21-17)12-20-11-5-10-19-18(14-20)8-3-4-9-18/h1-2,6-7,15,19H,3-5,8-14H2. The lowest BCUT2D eigenvalue weighted by atomic mass is 9.95. The van der Waals surface area contributed by atoms with Gasteiger partial charge in [0.2, 0.25) is 0 Å². The Balaban J connectivity index is 1.47. The van der Waals surface area contributed by atoms with Gasteiger partial charge in [0, 0.05) is 30.1 Å². The monoisotopic (exact) mass is 286 g/mol. The highest BCUT2D eigenvalue weighted by Crippen LogP contribution is 2.36. The fraction of sp³-hybridized carbons (Fsp3) is 0.667. The van der Waals surface area contributed by atoms with Gasteiger partial charge < -0.3 is 15.0 Å². The van der Waals surface area contributed by atoms with E-state index in [4.69, 9.17) is 4.74 Å². The van der Waals surface area contributed by atoms with Gasteiger partial charge in [-0.05, 0) is 38.4 Å². The smallest absolute Gasteiger partial charge is 0.122 e. The maximum Gasteiger partial charge on any atom is 0.122 e. The maximum atomic E-state index is 5.86. The summed E-state index contributed by atoms with van der Waals surface area (Å²) in [6.07, 6.45) is 6.80. The molecule has 0 radical (unpaired) electrons. The van der Waals surface area contributed by atoms with Gasteiger partial charge in [-0.25, -0.2) is 0 Å². The molecule has 2 heterocycles. The van der Waals surface area contributed by atoms with Crippen molar-refractivity contribution in [3.8, 4) is 5.75 Å². The van der Waals surface area contributed by atoms with Crippen LogP contribution in [0.15, 0.2) is 24.3 Å². The fourth-order valence-electron chi connectivity index (χ4n) is 4.45. The molecule has 0 bridgehead atoms. The van der Waals surface area contributed by atoms with Crippen LogP contribution in [0.4, 0.5) is 0 Å². The van der Waals surface area contributed by atoms with Gasteiger partial charge in [-0.3, -0.25) is 0 Å². The zero-order valence-electron chi connectivity index (χ0n) is 12.8. The first-order valence-electron chi connectivity index (χ1n) is 8.54. The summed E-state index contributed by atoms with van der Waals surface area (Å²) in [5, 5.41) is 3.86. The minimum absolute atomic E-state index is 0.412. The van der Waals surface area contributed by atoms with Crippen LogP contribution in [0.3, 0.4) is 0 Å². The van der Waals surface area contributed by atoms with Gasteiger partial charge in [-0.15, -0.1) is 0 Å². The molecular formula is C18H26N2O. The van der Waals surface area contributed by atoms with Crippen molar-refractivity contribution >= 4 is 0 Å². The Morgan fingerprint density at radius 1 is 1.19 bits per heavy atom. The molecule has 3 heteroatoms. The number of ether oxygens (including phenoxy) is 1. The summed E-state index contributed by atoms with van der Waals surface area (Å²) < 4.78 is 5.86. The quantitative estimate of drug-likeness (QED) is 0.905. The van der Waals surface area contributed by atoms with Gasteiger partial charge in [0.15, 0.2) is 0 Å². The van der Waals surface area contributed by atoms with Crippen LogP contribution < -0.4 is 10.1 Å². The third kappa shape index (κ3) is 2.69. The molecule has 1 atom stereocenters. The Morgan fingerprint density at radius 3 is 2.95 bits per heavy atom. The van der Waals surface area contributed by atoms with Gasteiger partial charge >= 0.3 is 0 Å². The van der Waals surface area contributed by atoms with E-state index in [-0.39, 0.29) is 0 Å². The summed E-state index contributed by atoms with van der Waals surface area (Å²) in [6, 6.07) is 8.57.